The highest BCUT2D eigenvalue weighted by molar-refractivity contribution is 6.06. The molecule has 0 saturated heterocycles. The highest BCUT2D eigenvalue weighted by Gasteiger charge is 2.27. The van der Waals surface area contributed by atoms with Crippen LogP contribution < -0.4 is 0 Å². The van der Waals surface area contributed by atoms with Crippen molar-refractivity contribution in [3.8, 4) is 11.3 Å². The van der Waals surface area contributed by atoms with Gasteiger partial charge < -0.3 is 5.11 Å². The second-order valence-corrected chi connectivity index (χ2v) is 5.47. The number of hydrogen-bond donors (Lipinski definition) is 1. The van der Waals surface area contributed by atoms with E-state index in [1.54, 1.807) is 0 Å². The lowest BCUT2D eigenvalue weighted by Crippen LogP contribution is -2.05. The highest BCUT2D eigenvalue weighted by atomic mass is 16.4. The van der Waals surface area contributed by atoms with E-state index in [1.165, 1.54) is 0 Å². The van der Waals surface area contributed by atoms with E-state index in [-0.39, 0.29) is 0 Å². The molecule has 0 spiro atoms. The van der Waals surface area contributed by atoms with E-state index >= 15 is 0 Å². The number of hydrogen-bond acceptors (Lipinski definition) is 2. The second-order valence-electron chi connectivity index (χ2n) is 5.47. The molecule has 2 aromatic carbocycles. The molecule has 0 fully saturated rings. The van der Waals surface area contributed by atoms with Gasteiger partial charge in [-0.3, -0.25) is 0 Å². The Morgan fingerprint density at radius 2 is 2.00 bits per heavy atom. The summed E-state index contributed by atoms with van der Waals surface area (Å²) in [6.07, 6.45) is 0.643. The lowest BCUT2D eigenvalue weighted by Gasteiger charge is -2.09. The number of carboxylic acids is 1. The molecule has 1 heterocycles. The molecule has 1 N–H and O–H groups in total. The van der Waals surface area contributed by atoms with Crippen molar-refractivity contribution in [3.63, 3.8) is 0 Å². The van der Waals surface area contributed by atoms with Crippen LogP contribution in [0.15, 0.2) is 42.5 Å². The van der Waals surface area contributed by atoms with Gasteiger partial charge in [0.15, 0.2) is 0 Å². The summed E-state index contributed by atoms with van der Waals surface area (Å²) in [5.41, 5.74) is 6.04. The maximum Gasteiger partial charge on any atom is 0.336 e. The van der Waals surface area contributed by atoms with Gasteiger partial charge in [0.1, 0.15) is 0 Å². The van der Waals surface area contributed by atoms with Gasteiger partial charge in [0.25, 0.3) is 0 Å². The summed E-state index contributed by atoms with van der Waals surface area (Å²) >= 11 is 0. The van der Waals surface area contributed by atoms with Gasteiger partial charge in [0.05, 0.1) is 16.8 Å². The zero-order chi connectivity index (χ0) is 14.6. The van der Waals surface area contributed by atoms with Crippen LogP contribution in [0.5, 0.6) is 0 Å². The van der Waals surface area contributed by atoms with Crippen LogP contribution in [-0.2, 0) is 6.42 Å². The van der Waals surface area contributed by atoms with Crippen molar-refractivity contribution < 1.29 is 9.90 Å². The molecule has 21 heavy (non-hydrogen) atoms. The summed E-state index contributed by atoms with van der Waals surface area (Å²) in [6.45, 7) is 1.97. The number of carboxylic acid groups (broad SMARTS) is 1. The van der Waals surface area contributed by atoms with Crippen molar-refractivity contribution >= 4 is 16.9 Å². The molecule has 3 nitrogen and oxygen atoms in total. The van der Waals surface area contributed by atoms with Crippen molar-refractivity contribution in [1.29, 1.82) is 0 Å². The molecule has 1 aliphatic carbocycles. The van der Waals surface area contributed by atoms with Gasteiger partial charge >= 0.3 is 5.97 Å². The van der Waals surface area contributed by atoms with Crippen LogP contribution in [-0.4, -0.2) is 16.1 Å². The molecule has 1 aromatic heterocycles. The maximum absolute atomic E-state index is 11.8. The van der Waals surface area contributed by atoms with Crippen LogP contribution >= 0.6 is 0 Å². The molecule has 4 rings (SSSR count). The molecule has 3 aromatic rings. The first-order valence-corrected chi connectivity index (χ1v) is 6.90. The normalized spacial score (nSPS) is 12.2. The first kappa shape index (κ1) is 12.1. The fourth-order valence-corrected chi connectivity index (χ4v) is 3.15. The lowest BCUT2D eigenvalue weighted by molar-refractivity contribution is 0.0698. The Labute approximate surface area is 121 Å². The van der Waals surface area contributed by atoms with Gasteiger partial charge in [-0.25, -0.2) is 9.78 Å². The summed E-state index contributed by atoms with van der Waals surface area (Å²) < 4.78 is 0. The number of aryl methyl sites for hydroxylation is 1. The van der Waals surface area contributed by atoms with Crippen molar-refractivity contribution in [2.75, 3.05) is 0 Å². The number of pyridine rings is 1. The summed E-state index contributed by atoms with van der Waals surface area (Å²) in [6, 6.07) is 13.8. The number of rotatable bonds is 1. The van der Waals surface area contributed by atoms with Crippen LogP contribution in [0.25, 0.3) is 22.2 Å². The molecule has 0 amide bonds. The SMILES string of the molecule is Cc1ccc2nc3c(c(C(=O)O)c2c1)Cc1ccccc1-3. The van der Waals surface area contributed by atoms with Gasteiger partial charge in [-0.05, 0) is 30.2 Å². The third kappa shape index (κ3) is 1.67. The number of aromatic nitrogens is 1. The minimum atomic E-state index is -0.878. The van der Waals surface area contributed by atoms with E-state index in [0.29, 0.717) is 12.0 Å². The van der Waals surface area contributed by atoms with Crippen molar-refractivity contribution in [2.24, 2.45) is 0 Å². The fraction of sp³-hybridized carbons (Fsp3) is 0.111. The molecule has 3 heteroatoms. The molecule has 0 atom stereocenters. The van der Waals surface area contributed by atoms with Gasteiger partial charge in [0.2, 0.25) is 0 Å². The zero-order valence-electron chi connectivity index (χ0n) is 11.6. The van der Waals surface area contributed by atoms with E-state index in [2.05, 4.69) is 0 Å². The number of benzene rings is 2. The van der Waals surface area contributed by atoms with E-state index in [0.717, 1.165) is 38.9 Å². The molecule has 102 valence electrons. The topological polar surface area (TPSA) is 50.2 Å². The lowest BCUT2D eigenvalue weighted by atomic mass is 9.99. The Morgan fingerprint density at radius 1 is 1.19 bits per heavy atom. The minimum absolute atomic E-state index is 0.398. The predicted octanol–water partition coefficient (Wildman–Crippen LogP) is 3.81. The summed E-state index contributed by atoms with van der Waals surface area (Å²) in [5, 5.41) is 10.4. The zero-order valence-corrected chi connectivity index (χ0v) is 11.6. The summed E-state index contributed by atoms with van der Waals surface area (Å²) in [5.74, 6) is -0.878. The Morgan fingerprint density at radius 3 is 2.81 bits per heavy atom. The molecular weight excluding hydrogens is 262 g/mol. The first-order chi connectivity index (χ1) is 10.1. The van der Waals surface area contributed by atoms with Gasteiger partial charge in [-0.2, -0.15) is 0 Å². The highest BCUT2D eigenvalue weighted by Crippen LogP contribution is 2.39. The minimum Gasteiger partial charge on any atom is -0.478 e. The third-order valence-electron chi connectivity index (χ3n) is 4.09. The van der Waals surface area contributed by atoms with Gasteiger partial charge in [0, 0.05) is 17.4 Å². The number of nitrogens with zero attached hydrogens (tertiary/aromatic N) is 1. The predicted molar refractivity (Wildman–Crippen MR) is 81.7 cm³/mol. The maximum atomic E-state index is 11.8. The molecule has 0 aliphatic heterocycles. The Balaban J connectivity index is 2.15. The smallest absolute Gasteiger partial charge is 0.336 e. The van der Waals surface area contributed by atoms with Crippen LogP contribution in [0.1, 0.15) is 27.0 Å². The third-order valence-corrected chi connectivity index (χ3v) is 4.09. The van der Waals surface area contributed by atoms with Gasteiger partial charge in [-0.1, -0.05) is 35.9 Å². The summed E-state index contributed by atoms with van der Waals surface area (Å²) in [7, 11) is 0. The van der Waals surface area contributed by atoms with Crippen LogP contribution in [0.4, 0.5) is 0 Å². The molecule has 0 bridgehead atoms. The summed E-state index contributed by atoms with van der Waals surface area (Å²) in [4.78, 5) is 16.5. The molecular formula is C18H13NO2. The van der Waals surface area contributed by atoms with Crippen LogP contribution in [0.3, 0.4) is 0 Å². The molecule has 0 radical (unpaired) electrons. The van der Waals surface area contributed by atoms with Crippen molar-refractivity contribution in [2.45, 2.75) is 13.3 Å². The van der Waals surface area contributed by atoms with Crippen molar-refractivity contribution in [1.82, 2.24) is 4.98 Å². The average Bonchev–Trinajstić information content (AvgIpc) is 2.82. The Kier molecular flexibility index (Phi) is 2.39. The molecule has 0 unspecified atom stereocenters. The number of fused-ring (bicyclic) bond motifs is 4. The Bertz CT molecular complexity index is 912. The van der Waals surface area contributed by atoms with Crippen molar-refractivity contribution in [3.05, 3.63) is 64.7 Å². The second kappa shape index (κ2) is 4.16. The van der Waals surface area contributed by atoms with E-state index in [9.17, 15) is 9.90 Å². The molecule has 0 saturated carbocycles. The van der Waals surface area contributed by atoms with E-state index < -0.39 is 5.97 Å². The quantitative estimate of drug-likeness (QED) is 0.574. The van der Waals surface area contributed by atoms with Crippen LogP contribution in [0.2, 0.25) is 0 Å². The van der Waals surface area contributed by atoms with Crippen LogP contribution in [0, 0.1) is 6.92 Å². The number of aromatic carboxylic acids is 1. The molecule has 1 aliphatic rings. The average molecular weight is 275 g/mol. The fourth-order valence-electron chi connectivity index (χ4n) is 3.15. The number of carbonyl (C=O) groups is 1. The van der Waals surface area contributed by atoms with E-state index in [1.807, 2.05) is 49.4 Å². The first-order valence-electron chi connectivity index (χ1n) is 6.90. The Hall–Kier alpha value is -2.68. The monoisotopic (exact) mass is 275 g/mol. The van der Waals surface area contributed by atoms with Gasteiger partial charge in [-0.15, -0.1) is 0 Å². The van der Waals surface area contributed by atoms with E-state index in [4.69, 9.17) is 4.98 Å². The standard InChI is InChI=1S/C18H13NO2/c1-10-6-7-15-13(8-10)16(18(20)21)14-9-11-4-2-3-5-12(11)17(14)19-15/h2-8H,9H2,1H3,(H,20,21). The largest absolute Gasteiger partial charge is 0.478 e.